The van der Waals surface area contributed by atoms with Crippen LogP contribution in [0.2, 0.25) is 0 Å². The summed E-state index contributed by atoms with van der Waals surface area (Å²) in [5.41, 5.74) is 6.15. The Bertz CT molecular complexity index is 365. The Morgan fingerprint density at radius 3 is 2.62 bits per heavy atom. The summed E-state index contributed by atoms with van der Waals surface area (Å²) < 4.78 is 0. The predicted octanol–water partition coefficient (Wildman–Crippen LogP) is 1.98. The van der Waals surface area contributed by atoms with E-state index >= 15 is 0 Å². The van der Waals surface area contributed by atoms with Crippen LogP contribution >= 0.6 is 0 Å². The van der Waals surface area contributed by atoms with Crippen LogP contribution in [0, 0.1) is 5.41 Å². The molecule has 1 amide bonds. The lowest BCUT2D eigenvalue weighted by Crippen LogP contribution is -2.56. The van der Waals surface area contributed by atoms with Crippen LogP contribution < -0.4 is 5.73 Å². The highest BCUT2D eigenvalue weighted by molar-refractivity contribution is 5.77. The second-order valence-corrected chi connectivity index (χ2v) is 7.47. The maximum absolute atomic E-state index is 12.8. The molecule has 2 saturated heterocycles. The van der Waals surface area contributed by atoms with Gasteiger partial charge in [0.05, 0.1) is 0 Å². The molecule has 2 heterocycles. The van der Waals surface area contributed by atoms with Gasteiger partial charge >= 0.3 is 0 Å². The molecular formula is C17H31N3O. The zero-order valence-electron chi connectivity index (χ0n) is 13.4. The topological polar surface area (TPSA) is 49.6 Å². The number of hydrogen-bond donors (Lipinski definition) is 1. The lowest BCUT2D eigenvalue weighted by molar-refractivity contribution is -0.137. The summed E-state index contributed by atoms with van der Waals surface area (Å²) in [4.78, 5) is 17.5. The van der Waals surface area contributed by atoms with Crippen LogP contribution in [0.15, 0.2) is 0 Å². The molecule has 0 aromatic carbocycles. The maximum Gasteiger partial charge on any atom is 0.223 e. The highest BCUT2D eigenvalue weighted by Crippen LogP contribution is 2.39. The Labute approximate surface area is 129 Å². The molecule has 4 nitrogen and oxygen atoms in total. The molecule has 0 aromatic heterocycles. The Hall–Kier alpha value is -0.610. The lowest BCUT2D eigenvalue weighted by atomic mass is 9.71. The average molecular weight is 293 g/mol. The van der Waals surface area contributed by atoms with Crippen molar-refractivity contribution in [2.45, 2.75) is 63.8 Å². The highest BCUT2D eigenvalue weighted by atomic mass is 16.2. The molecule has 4 heteroatoms. The number of rotatable bonds is 3. The first-order valence-electron chi connectivity index (χ1n) is 8.94. The third-order valence-corrected chi connectivity index (χ3v) is 6.06. The molecule has 0 radical (unpaired) electrons. The second-order valence-electron chi connectivity index (χ2n) is 7.47. The summed E-state index contributed by atoms with van der Waals surface area (Å²) in [5, 5.41) is 0. The molecule has 0 bridgehead atoms. The molecule has 120 valence electrons. The van der Waals surface area contributed by atoms with Gasteiger partial charge < -0.3 is 10.6 Å². The van der Waals surface area contributed by atoms with Crippen LogP contribution in [0.4, 0.5) is 0 Å². The molecule has 0 aromatic rings. The van der Waals surface area contributed by atoms with Crippen molar-refractivity contribution in [3.05, 3.63) is 0 Å². The minimum absolute atomic E-state index is 0.110. The molecule has 3 aliphatic rings. The monoisotopic (exact) mass is 293 g/mol. The summed E-state index contributed by atoms with van der Waals surface area (Å²) in [6, 6.07) is 0.622. The average Bonchev–Trinajstić information content (AvgIpc) is 2.55. The van der Waals surface area contributed by atoms with Gasteiger partial charge in [-0.3, -0.25) is 9.69 Å². The normalized spacial score (nSPS) is 30.0. The van der Waals surface area contributed by atoms with Gasteiger partial charge in [-0.15, -0.1) is 0 Å². The van der Waals surface area contributed by atoms with Gasteiger partial charge in [-0.25, -0.2) is 0 Å². The van der Waals surface area contributed by atoms with E-state index in [0.29, 0.717) is 24.9 Å². The molecule has 2 aliphatic heterocycles. The number of piperidine rings is 1. The van der Waals surface area contributed by atoms with Gasteiger partial charge in [-0.2, -0.15) is 0 Å². The van der Waals surface area contributed by atoms with Gasteiger partial charge in [-0.1, -0.05) is 25.7 Å². The smallest absolute Gasteiger partial charge is 0.223 e. The van der Waals surface area contributed by atoms with Crippen LogP contribution in [0.25, 0.3) is 0 Å². The molecular weight excluding hydrogens is 262 g/mol. The van der Waals surface area contributed by atoms with Gasteiger partial charge in [0.15, 0.2) is 0 Å². The molecule has 3 rings (SSSR count). The largest absolute Gasteiger partial charge is 0.340 e. The molecule has 1 atom stereocenters. The summed E-state index contributed by atoms with van der Waals surface area (Å²) in [7, 11) is 0. The van der Waals surface area contributed by atoms with Gasteiger partial charge in [-0.05, 0) is 44.2 Å². The van der Waals surface area contributed by atoms with Crippen LogP contribution in [-0.2, 0) is 4.79 Å². The van der Waals surface area contributed by atoms with E-state index in [9.17, 15) is 4.79 Å². The lowest BCUT2D eigenvalue weighted by Gasteiger charge is -2.45. The number of carbonyl (C=O) groups excluding carboxylic acids is 1. The van der Waals surface area contributed by atoms with E-state index in [1.807, 2.05) is 0 Å². The number of fused-ring (bicyclic) bond motifs is 1. The summed E-state index contributed by atoms with van der Waals surface area (Å²) in [6.07, 6.45) is 10.7. The predicted molar refractivity (Wildman–Crippen MR) is 85.0 cm³/mol. The van der Waals surface area contributed by atoms with Crippen LogP contribution in [0.5, 0.6) is 0 Å². The van der Waals surface area contributed by atoms with Crippen molar-refractivity contribution in [1.29, 1.82) is 0 Å². The van der Waals surface area contributed by atoms with Gasteiger partial charge in [0.2, 0.25) is 5.91 Å². The standard InChI is InChI=1S/C17H31N3O/c18-14-17(7-3-1-4-8-17)12-16(21)20-11-10-19-9-5-2-6-15(19)13-20/h15H,1-14,18H2. The zero-order chi connectivity index (χ0) is 14.7. The van der Waals surface area contributed by atoms with Crippen molar-refractivity contribution < 1.29 is 4.79 Å². The van der Waals surface area contributed by atoms with E-state index in [1.54, 1.807) is 0 Å². The van der Waals surface area contributed by atoms with Gasteiger partial charge in [0.1, 0.15) is 0 Å². The summed E-state index contributed by atoms with van der Waals surface area (Å²) in [6.45, 7) is 4.88. The minimum atomic E-state index is 0.110. The van der Waals surface area contributed by atoms with Crippen molar-refractivity contribution in [3.63, 3.8) is 0 Å². The first kappa shape index (κ1) is 15.3. The van der Waals surface area contributed by atoms with Crippen molar-refractivity contribution >= 4 is 5.91 Å². The Morgan fingerprint density at radius 1 is 1.05 bits per heavy atom. The summed E-state index contributed by atoms with van der Waals surface area (Å²) in [5.74, 6) is 0.368. The third kappa shape index (κ3) is 3.42. The fourth-order valence-electron chi connectivity index (χ4n) is 4.57. The molecule has 1 saturated carbocycles. The van der Waals surface area contributed by atoms with E-state index in [2.05, 4.69) is 9.80 Å². The first-order chi connectivity index (χ1) is 10.2. The Morgan fingerprint density at radius 2 is 1.86 bits per heavy atom. The number of nitrogens with zero attached hydrogens (tertiary/aromatic N) is 2. The third-order valence-electron chi connectivity index (χ3n) is 6.06. The fraction of sp³-hybridized carbons (Fsp3) is 0.941. The number of carbonyl (C=O) groups is 1. The number of amides is 1. The van der Waals surface area contributed by atoms with Crippen molar-refractivity contribution in [2.24, 2.45) is 11.1 Å². The van der Waals surface area contributed by atoms with Crippen LogP contribution in [-0.4, -0.2) is 54.5 Å². The van der Waals surface area contributed by atoms with E-state index in [0.717, 1.165) is 32.5 Å². The van der Waals surface area contributed by atoms with Crippen molar-refractivity contribution in [3.8, 4) is 0 Å². The van der Waals surface area contributed by atoms with Crippen molar-refractivity contribution in [2.75, 3.05) is 32.7 Å². The molecule has 2 N–H and O–H groups in total. The highest BCUT2D eigenvalue weighted by Gasteiger charge is 2.37. The molecule has 21 heavy (non-hydrogen) atoms. The number of hydrogen-bond acceptors (Lipinski definition) is 3. The summed E-state index contributed by atoms with van der Waals surface area (Å²) >= 11 is 0. The van der Waals surface area contributed by atoms with E-state index in [-0.39, 0.29) is 5.41 Å². The Balaban J connectivity index is 1.57. The fourth-order valence-corrected chi connectivity index (χ4v) is 4.57. The minimum Gasteiger partial charge on any atom is -0.340 e. The van der Waals surface area contributed by atoms with Gasteiger partial charge in [0.25, 0.3) is 0 Å². The quantitative estimate of drug-likeness (QED) is 0.865. The Kier molecular flexibility index (Phi) is 4.85. The second kappa shape index (κ2) is 6.66. The van der Waals surface area contributed by atoms with E-state index in [4.69, 9.17) is 5.73 Å². The van der Waals surface area contributed by atoms with Gasteiger partial charge in [0, 0.05) is 32.1 Å². The SMILES string of the molecule is NCC1(CC(=O)N2CCN3CCCCC3C2)CCCCC1. The zero-order valence-corrected chi connectivity index (χ0v) is 13.4. The number of piperazine rings is 1. The number of nitrogens with two attached hydrogens (primary N) is 1. The van der Waals surface area contributed by atoms with E-state index in [1.165, 1.54) is 45.1 Å². The molecule has 1 aliphatic carbocycles. The maximum atomic E-state index is 12.8. The van der Waals surface area contributed by atoms with Crippen molar-refractivity contribution in [1.82, 2.24) is 9.80 Å². The molecule has 3 fully saturated rings. The van der Waals surface area contributed by atoms with E-state index < -0.39 is 0 Å². The van der Waals surface area contributed by atoms with Crippen LogP contribution in [0.1, 0.15) is 57.8 Å². The first-order valence-corrected chi connectivity index (χ1v) is 8.94. The molecule has 1 unspecified atom stereocenters. The molecule has 0 spiro atoms. The van der Waals surface area contributed by atoms with Crippen LogP contribution in [0.3, 0.4) is 0 Å².